The van der Waals surface area contributed by atoms with Crippen LogP contribution in [0.1, 0.15) is 12.5 Å². The molecule has 0 aliphatic heterocycles. The smallest absolute Gasteiger partial charge is 0.123 e. The van der Waals surface area contributed by atoms with Crippen LogP contribution in [0.4, 0.5) is 4.39 Å². The van der Waals surface area contributed by atoms with Crippen LogP contribution in [-0.2, 0) is 0 Å². The zero-order valence-corrected chi connectivity index (χ0v) is 5.84. The van der Waals surface area contributed by atoms with E-state index in [4.69, 9.17) is 0 Å². The Morgan fingerprint density at radius 3 is 2.80 bits per heavy atom. The minimum Gasteiger partial charge on any atom is -0.207 e. The second-order valence-corrected chi connectivity index (χ2v) is 2.06. The van der Waals surface area contributed by atoms with E-state index in [1.54, 1.807) is 6.07 Å². The summed E-state index contributed by atoms with van der Waals surface area (Å²) in [5, 5.41) is 0. The second kappa shape index (κ2) is 3.16. The number of hydrogen-bond acceptors (Lipinski definition) is 0. The van der Waals surface area contributed by atoms with Crippen LogP contribution < -0.4 is 0 Å². The molecule has 1 rings (SSSR count). The van der Waals surface area contributed by atoms with E-state index in [0.717, 1.165) is 5.56 Å². The minimum atomic E-state index is -0.185. The molecule has 0 unspecified atom stereocenters. The van der Waals surface area contributed by atoms with Gasteiger partial charge in [-0.05, 0) is 24.6 Å². The maximum atomic E-state index is 12.5. The monoisotopic (exact) mass is 136 g/mol. The summed E-state index contributed by atoms with van der Waals surface area (Å²) in [5.41, 5.74) is 0.905. The van der Waals surface area contributed by atoms with Gasteiger partial charge in [0.2, 0.25) is 0 Å². The minimum absolute atomic E-state index is 0.185. The van der Waals surface area contributed by atoms with Crippen molar-refractivity contribution in [3.63, 3.8) is 0 Å². The summed E-state index contributed by atoms with van der Waals surface area (Å²) >= 11 is 0. The molecule has 0 N–H and O–H groups in total. The van der Waals surface area contributed by atoms with Gasteiger partial charge in [-0.15, -0.1) is 0 Å². The lowest BCUT2D eigenvalue weighted by atomic mass is 10.2. The predicted octanol–water partition coefficient (Wildman–Crippen LogP) is 2.86. The second-order valence-electron chi connectivity index (χ2n) is 2.06. The molecule has 1 heteroatoms. The van der Waals surface area contributed by atoms with Crippen molar-refractivity contribution < 1.29 is 4.39 Å². The molecule has 0 aliphatic carbocycles. The quantitative estimate of drug-likeness (QED) is 0.556. The Bertz CT molecular complexity index is 238. The molecule has 10 heavy (non-hydrogen) atoms. The van der Waals surface area contributed by atoms with Crippen molar-refractivity contribution in [2.75, 3.05) is 0 Å². The van der Waals surface area contributed by atoms with Gasteiger partial charge in [-0.3, -0.25) is 0 Å². The Hall–Kier alpha value is -1.11. The third-order valence-electron chi connectivity index (χ3n) is 1.21. The summed E-state index contributed by atoms with van der Waals surface area (Å²) in [6.07, 6.45) is 3.75. The van der Waals surface area contributed by atoms with Gasteiger partial charge < -0.3 is 0 Å². The van der Waals surface area contributed by atoms with Crippen molar-refractivity contribution >= 4 is 6.08 Å². The average Bonchev–Trinajstić information content (AvgIpc) is 1.88. The number of halogens is 1. The maximum absolute atomic E-state index is 12.5. The molecule has 0 amide bonds. The largest absolute Gasteiger partial charge is 0.207 e. The van der Waals surface area contributed by atoms with Crippen molar-refractivity contribution in [2.45, 2.75) is 6.92 Å². The highest BCUT2D eigenvalue weighted by molar-refractivity contribution is 5.48. The van der Waals surface area contributed by atoms with E-state index in [1.807, 2.05) is 25.1 Å². The van der Waals surface area contributed by atoms with Crippen LogP contribution in [0, 0.1) is 5.82 Å². The fraction of sp³-hybridized carbons (Fsp3) is 0.111. The zero-order chi connectivity index (χ0) is 7.40. The number of benzene rings is 1. The first-order valence-electron chi connectivity index (χ1n) is 3.21. The fourth-order valence-corrected chi connectivity index (χ4v) is 0.803. The summed E-state index contributed by atoms with van der Waals surface area (Å²) in [6, 6.07) is 6.50. The normalized spacial score (nSPS) is 10.6. The summed E-state index contributed by atoms with van der Waals surface area (Å²) in [5.74, 6) is -0.185. The standard InChI is InChI=1S/C9H9F/c1-2-4-8-5-3-6-9(10)7-8/h2-7H,1H3/b4-2-. The van der Waals surface area contributed by atoms with E-state index < -0.39 is 0 Å². The average molecular weight is 136 g/mol. The summed E-state index contributed by atoms with van der Waals surface area (Å²) < 4.78 is 12.5. The molecular weight excluding hydrogens is 127 g/mol. The van der Waals surface area contributed by atoms with E-state index >= 15 is 0 Å². The van der Waals surface area contributed by atoms with Gasteiger partial charge in [-0.25, -0.2) is 4.39 Å². The molecule has 1 aromatic rings. The third-order valence-corrected chi connectivity index (χ3v) is 1.21. The topological polar surface area (TPSA) is 0 Å². The molecule has 1 aromatic carbocycles. The molecule has 0 heterocycles. The molecular formula is C9H9F. The van der Waals surface area contributed by atoms with Crippen LogP contribution in [0.3, 0.4) is 0 Å². The number of allylic oxidation sites excluding steroid dienone is 1. The first kappa shape index (κ1) is 7.00. The Morgan fingerprint density at radius 1 is 1.40 bits per heavy atom. The molecule has 52 valence electrons. The van der Waals surface area contributed by atoms with Crippen molar-refractivity contribution in [3.8, 4) is 0 Å². The SMILES string of the molecule is C/C=C\c1cccc(F)c1. The van der Waals surface area contributed by atoms with Crippen LogP contribution in [0.25, 0.3) is 6.08 Å². The van der Waals surface area contributed by atoms with E-state index in [1.165, 1.54) is 12.1 Å². The van der Waals surface area contributed by atoms with Gasteiger partial charge in [-0.1, -0.05) is 24.3 Å². The molecule has 0 aliphatic rings. The van der Waals surface area contributed by atoms with E-state index in [9.17, 15) is 4.39 Å². The van der Waals surface area contributed by atoms with Crippen molar-refractivity contribution in [2.24, 2.45) is 0 Å². The van der Waals surface area contributed by atoms with E-state index in [2.05, 4.69) is 0 Å². The Morgan fingerprint density at radius 2 is 2.20 bits per heavy atom. The van der Waals surface area contributed by atoms with Gasteiger partial charge in [-0.2, -0.15) is 0 Å². The highest BCUT2D eigenvalue weighted by Crippen LogP contribution is 2.04. The lowest BCUT2D eigenvalue weighted by molar-refractivity contribution is 0.627. The molecule has 0 atom stereocenters. The van der Waals surface area contributed by atoms with Crippen molar-refractivity contribution in [1.29, 1.82) is 0 Å². The molecule has 0 bridgehead atoms. The fourth-order valence-electron chi connectivity index (χ4n) is 0.803. The molecule has 0 spiro atoms. The number of hydrogen-bond donors (Lipinski definition) is 0. The van der Waals surface area contributed by atoms with Crippen LogP contribution in [0.2, 0.25) is 0 Å². The van der Waals surface area contributed by atoms with Crippen LogP contribution in [-0.4, -0.2) is 0 Å². The Labute approximate surface area is 60.0 Å². The van der Waals surface area contributed by atoms with Gasteiger partial charge in [0.15, 0.2) is 0 Å². The third kappa shape index (κ3) is 1.69. The van der Waals surface area contributed by atoms with Crippen molar-refractivity contribution in [1.82, 2.24) is 0 Å². The van der Waals surface area contributed by atoms with Gasteiger partial charge in [0.25, 0.3) is 0 Å². The molecule has 0 radical (unpaired) electrons. The van der Waals surface area contributed by atoms with Gasteiger partial charge in [0.05, 0.1) is 0 Å². The maximum Gasteiger partial charge on any atom is 0.123 e. The molecule has 0 nitrogen and oxygen atoms in total. The van der Waals surface area contributed by atoms with Crippen LogP contribution >= 0.6 is 0 Å². The molecule has 0 saturated carbocycles. The highest BCUT2D eigenvalue weighted by Gasteiger charge is 1.87. The van der Waals surface area contributed by atoms with E-state index in [0.29, 0.717) is 0 Å². The Balaban J connectivity index is 2.95. The van der Waals surface area contributed by atoms with Gasteiger partial charge in [0.1, 0.15) is 5.82 Å². The van der Waals surface area contributed by atoms with Gasteiger partial charge >= 0.3 is 0 Å². The predicted molar refractivity (Wildman–Crippen MR) is 41.1 cm³/mol. The Kier molecular flexibility index (Phi) is 2.21. The van der Waals surface area contributed by atoms with Crippen LogP contribution in [0.15, 0.2) is 30.3 Å². The van der Waals surface area contributed by atoms with Crippen LogP contribution in [0.5, 0.6) is 0 Å². The molecule has 0 fully saturated rings. The van der Waals surface area contributed by atoms with Crippen molar-refractivity contribution in [3.05, 3.63) is 41.7 Å². The molecule has 0 saturated heterocycles. The van der Waals surface area contributed by atoms with E-state index in [-0.39, 0.29) is 5.82 Å². The lowest BCUT2D eigenvalue weighted by Gasteiger charge is -1.90. The van der Waals surface area contributed by atoms with Gasteiger partial charge in [0, 0.05) is 0 Å². The summed E-state index contributed by atoms with van der Waals surface area (Å²) in [7, 11) is 0. The lowest BCUT2D eigenvalue weighted by Crippen LogP contribution is -1.73. The number of rotatable bonds is 1. The molecule has 0 aromatic heterocycles. The first-order chi connectivity index (χ1) is 4.83. The zero-order valence-electron chi connectivity index (χ0n) is 5.84. The summed E-state index contributed by atoms with van der Waals surface area (Å²) in [4.78, 5) is 0. The highest BCUT2D eigenvalue weighted by atomic mass is 19.1. The first-order valence-corrected chi connectivity index (χ1v) is 3.21. The summed E-state index contributed by atoms with van der Waals surface area (Å²) in [6.45, 7) is 1.91.